The van der Waals surface area contributed by atoms with E-state index in [1.54, 1.807) is 24.5 Å². The van der Waals surface area contributed by atoms with E-state index in [0.29, 0.717) is 11.1 Å². The van der Waals surface area contributed by atoms with Crippen molar-refractivity contribution in [3.05, 3.63) is 55.3 Å². The molecule has 118 valence electrons. The number of methoxy groups -OCH3 is 1. The molecule has 3 aromatic rings. The summed E-state index contributed by atoms with van der Waals surface area (Å²) in [5.41, 5.74) is 2.70. The lowest BCUT2D eigenvalue weighted by Gasteiger charge is -2.14. The third kappa shape index (κ3) is 2.96. The van der Waals surface area contributed by atoms with Crippen molar-refractivity contribution in [2.45, 2.75) is 4.90 Å². The molecule has 0 unspecified atom stereocenters. The molecule has 0 aliphatic heterocycles. The minimum absolute atomic E-state index is 0.0856. The lowest BCUT2D eigenvalue weighted by atomic mass is 10.0. The Labute approximate surface area is 133 Å². The van der Waals surface area contributed by atoms with Crippen LogP contribution >= 0.6 is 0 Å². The summed E-state index contributed by atoms with van der Waals surface area (Å²) < 4.78 is 34.3. The zero-order chi connectivity index (χ0) is 16.4. The number of nitrogens with zero attached hydrogens (tertiary/aromatic N) is 1. The van der Waals surface area contributed by atoms with Crippen LogP contribution < -0.4 is 9.88 Å². The van der Waals surface area contributed by atoms with Gasteiger partial charge in [0.1, 0.15) is 10.6 Å². The van der Waals surface area contributed by atoms with E-state index in [1.807, 2.05) is 12.1 Å². The maximum Gasteiger partial charge on any atom is 0.241 e. The standard InChI is InChI=1S/C16H14N2O4S/c1-21-16-14(11-3-2-5-18-9-11)7-13(12-4-6-22-10-12)8-15(16)23(17,19)20/h2-10H,1H3,(H2,17,19,20). The lowest BCUT2D eigenvalue weighted by Crippen LogP contribution is -2.14. The molecule has 2 N–H and O–H groups in total. The number of nitrogens with two attached hydrogens (primary N) is 1. The van der Waals surface area contributed by atoms with E-state index in [2.05, 4.69) is 4.98 Å². The number of pyridine rings is 1. The van der Waals surface area contributed by atoms with Gasteiger partial charge >= 0.3 is 0 Å². The van der Waals surface area contributed by atoms with Crippen LogP contribution in [0.15, 0.2) is 64.6 Å². The van der Waals surface area contributed by atoms with E-state index in [1.165, 1.54) is 25.7 Å². The minimum Gasteiger partial charge on any atom is -0.495 e. The predicted octanol–water partition coefficient (Wildman–Crippen LogP) is 2.66. The number of hydrogen-bond donors (Lipinski definition) is 1. The molecule has 2 heterocycles. The van der Waals surface area contributed by atoms with Crippen molar-refractivity contribution in [3.8, 4) is 28.0 Å². The summed E-state index contributed by atoms with van der Waals surface area (Å²) in [7, 11) is -2.56. The quantitative estimate of drug-likeness (QED) is 0.793. The SMILES string of the molecule is COc1c(-c2cccnc2)cc(-c2ccoc2)cc1S(N)(=O)=O. The highest BCUT2D eigenvalue weighted by atomic mass is 32.2. The first-order chi connectivity index (χ1) is 11.0. The number of rotatable bonds is 4. The molecule has 0 saturated heterocycles. The average molecular weight is 330 g/mol. The number of benzene rings is 1. The molecule has 0 spiro atoms. The number of primary sulfonamides is 1. The minimum atomic E-state index is -3.97. The summed E-state index contributed by atoms with van der Waals surface area (Å²) in [6.45, 7) is 0. The summed E-state index contributed by atoms with van der Waals surface area (Å²) in [5, 5.41) is 5.36. The van der Waals surface area contributed by atoms with E-state index >= 15 is 0 Å². The summed E-state index contributed by atoms with van der Waals surface area (Å²) in [4.78, 5) is 3.98. The Morgan fingerprint density at radius 3 is 2.57 bits per heavy atom. The fourth-order valence-electron chi connectivity index (χ4n) is 2.36. The second-order valence-corrected chi connectivity index (χ2v) is 6.38. The fraction of sp³-hybridized carbons (Fsp3) is 0.0625. The molecular formula is C16H14N2O4S. The molecule has 1 aromatic carbocycles. The molecule has 0 aliphatic rings. The van der Waals surface area contributed by atoms with Crippen LogP contribution in [0.2, 0.25) is 0 Å². The highest BCUT2D eigenvalue weighted by molar-refractivity contribution is 7.89. The highest BCUT2D eigenvalue weighted by Crippen LogP contribution is 2.39. The molecule has 0 fully saturated rings. The first kappa shape index (κ1) is 15.3. The summed E-state index contributed by atoms with van der Waals surface area (Å²) in [6.07, 6.45) is 6.31. The molecule has 0 aliphatic carbocycles. The predicted molar refractivity (Wildman–Crippen MR) is 85.3 cm³/mol. The summed E-state index contributed by atoms with van der Waals surface area (Å²) in [6, 6.07) is 8.60. The van der Waals surface area contributed by atoms with Crippen molar-refractivity contribution < 1.29 is 17.6 Å². The van der Waals surface area contributed by atoms with Crippen LogP contribution in [0.1, 0.15) is 0 Å². The van der Waals surface area contributed by atoms with Gasteiger partial charge in [-0.1, -0.05) is 6.07 Å². The summed E-state index contributed by atoms with van der Waals surface area (Å²) >= 11 is 0. The molecule has 2 aromatic heterocycles. The van der Waals surface area contributed by atoms with Crippen LogP contribution in [-0.4, -0.2) is 20.5 Å². The van der Waals surface area contributed by atoms with Crippen molar-refractivity contribution in [3.63, 3.8) is 0 Å². The van der Waals surface area contributed by atoms with E-state index in [4.69, 9.17) is 14.3 Å². The van der Waals surface area contributed by atoms with E-state index in [-0.39, 0.29) is 10.6 Å². The molecular weight excluding hydrogens is 316 g/mol. The van der Waals surface area contributed by atoms with Crippen LogP contribution in [0.3, 0.4) is 0 Å². The monoisotopic (exact) mass is 330 g/mol. The van der Waals surface area contributed by atoms with Gasteiger partial charge in [0.2, 0.25) is 10.0 Å². The third-order valence-corrected chi connectivity index (χ3v) is 4.31. The third-order valence-electron chi connectivity index (χ3n) is 3.39. The Hall–Kier alpha value is -2.64. The molecule has 0 atom stereocenters. The Kier molecular flexibility index (Phi) is 3.89. The van der Waals surface area contributed by atoms with Crippen LogP contribution in [0, 0.1) is 0 Å². The Morgan fingerprint density at radius 1 is 1.17 bits per heavy atom. The Balaban J connectivity index is 2.35. The maximum atomic E-state index is 12.0. The second-order valence-electron chi connectivity index (χ2n) is 4.85. The van der Waals surface area contributed by atoms with E-state index in [0.717, 1.165) is 11.1 Å². The molecule has 6 nitrogen and oxygen atoms in total. The highest BCUT2D eigenvalue weighted by Gasteiger charge is 2.21. The van der Waals surface area contributed by atoms with Crippen molar-refractivity contribution in [1.82, 2.24) is 4.98 Å². The van der Waals surface area contributed by atoms with Gasteiger partial charge in [0.15, 0.2) is 0 Å². The van der Waals surface area contributed by atoms with Gasteiger partial charge in [-0.3, -0.25) is 4.98 Å². The number of ether oxygens (including phenoxy) is 1. The fourth-order valence-corrected chi connectivity index (χ4v) is 3.10. The zero-order valence-electron chi connectivity index (χ0n) is 12.3. The first-order valence-corrected chi connectivity index (χ1v) is 8.23. The lowest BCUT2D eigenvalue weighted by molar-refractivity contribution is 0.404. The molecule has 0 bridgehead atoms. The van der Waals surface area contributed by atoms with Crippen molar-refractivity contribution in [2.24, 2.45) is 5.14 Å². The van der Waals surface area contributed by atoms with Gasteiger partial charge in [-0.05, 0) is 29.8 Å². The molecule has 23 heavy (non-hydrogen) atoms. The summed E-state index contributed by atoms with van der Waals surface area (Å²) in [5.74, 6) is 0.188. The topological polar surface area (TPSA) is 95.4 Å². The van der Waals surface area contributed by atoms with E-state index < -0.39 is 10.0 Å². The van der Waals surface area contributed by atoms with Gasteiger partial charge in [0.05, 0.1) is 19.6 Å². The van der Waals surface area contributed by atoms with Gasteiger partial charge in [0.25, 0.3) is 0 Å². The van der Waals surface area contributed by atoms with Gasteiger partial charge in [0, 0.05) is 29.1 Å². The van der Waals surface area contributed by atoms with Crippen molar-refractivity contribution in [2.75, 3.05) is 7.11 Å². The molecule has 7 heteroatoms. The second kappa shape index (κ2) is 5.86. The normalized spacial score (nSPS) is 11.4. The van der Waals surface area contributed by atoms with Gasteiger partial charge in [-0.15, -0.1) is 0 Å². The van der Waals surface area contributed by atoms with Crippen molar-refractivity contribution >= 4 is 10.0 Å². The molecule has 0 radical (unpaired) electrons. The number of aromatic nitrogens is 1. The number of hydrogen-bond acceptors (Lipinski definition) is 5. The van der Waals surface area contributed by atoms with Crippen LogP contribution in [0.25, 0.3) is 22.3 Å². The Morgan fingerprint density at radius 2 is 2.00 bits per heavy atom. The molecule has 0 amide bonds. The van der Waals surface area contributed by atoms with Crippen LogP contribution in [0.4, 0.5) is 0 Å². The smallest absolute Gasteiger partial charge is 0.241 e. The van der Waals surface area contributed by atoms with Crippen LogP contribution in [0.5, 0.6) is 5.75 Å². The van der Waals surface area contributed by atoms with E-state index in [9.17, 15) is 8.42 Å². The van der Waals surface area contributed by atoms with Crippen molar-refractivity contribution in [1.29, 1.82) is 0 Å². The molecule has 0 saturated carbocycles. The van der Waals surface area contributed by atoms with Crippen LogP contribution in [-0.2, 0) is 10.0 Å². The first-order valence-electron chi connectivity index (χ1n) is 6.68. The maximum absolute atomic E-state index is 12.0. The van der Waals surface area contributed by atoms with Gasteiger partial charge in [-0.2, -0.15) is 0 Å². The van der Waals surface area contributed by atoms with Gasteiger partial charge < -0.3 is 9.15 Å². The average Bonchev–Trinajstić information content (AvgIpc) is 3.08. The largest absolute Gasteiger partial charge is 0.495 e. The zero-order valence-corrected chi connectivity index (χ0v) is 13.1. The Bertz CT molecular complexity index is 920. The molecule has 3 rings (SSSR count). The number of sulfonamides is 1. The number of furan rings is 1. The van der Waals surface area contributed by atoms with Gasteiger partial charge in [-0.25, -0.2) is 13.6 Å².